The van der Waals surface area contributed by atoms with Crippen LogP contribution in [-0.2, 0) is 0 Å². The van der Waals surface area contributed by atoms with Crippen LogP contribution in [0.25, 0.3) is 11.3 Å². The lowest BCUT2D eigenvalue weighted by Gasteiger charge is -2.05. The van der Waals surface area contributed by atoms with E-state index in [-0.39, 0.29) is 17.3 Å². The van der Waals surface area contributed by atoms with E-state index in [2.05, 4.69) is 9.97 Å². The molecule has 0 atom stereocenters. The number of aryl methyl sites for hydroxylation is 1. The summed E-state index contributed by atoms with van der Waals surface area (Å²) in [6.07, 6.45) is 1.13. The Bertz CT molecular complexity index is 583. The van der Waals surface area contributed by atoms with Gasteiger partial charge in [0.2, 0.25) is 5.95 Å². The third-order valence-electron chi connectivity index (χ3n) is 2.38. The van der Waals surface area contributed by atoms with Gasteiger partial charge in [-0.2, -0.15) is 0 Å². The molecule has 2 N–H and O–H groups in total. The molecular formula is C11H10N4O2. The van der Waals surface area contributed by atoms with Crippen molar-refractivity contribution >= 4 is 11.6 Å². The molecule has 0 amide bonds. The number of aromatic nitrogens is 2. The molecule has 0 aliphatic heterocycles. The molecule has 1 aromatic heterocycles. The maximum atomic E-state index is 10.9. The zero-order chi connectivity index (χ0) is 12.4. The summed E-state index contributed by atoms with van der Waals surface area (Å²) >= 11 is 0. The van der Waals surface area contributed by atoms with Crippen molar-refractivity contribution in [2.24, 2.45) is 0 Å². The minimum Gasteiger partial charge on any atom is -0.368 e. The fourth-order valence-corrected chi connectivity index (χ4v) is 1.56. The van der Waals surface area contributed by atoms with Gasteiger partial charge in [0.15, 0.2) is 5.69 Å². The summed E-state index contributed by atoms with van der Waals surface area (Å²) in [5.74, 6) is 0.0221. The maximum Gasteiger partial charge on any atom is 0.313 e. The monoisotopic (exact) mass is 230 g/mol. The lowest BCUT2D eigenvalue weighted by atomic mass is 10.0. The van der Waals surface area contributed by atoms with Crippen molar-refractivity contribution in [3.8, 4) is 11.3 Å². The Kier molecular flexibility index (Phi) is 2.70. The minimum atomic E-state index is -0.513. The molecule has 2 aromatic rings. The van der Waals surface area contributed by atoms with Gasteiger partial charge in [-0.25, -0.2) is 9.97 Å². The molecule has 0 saturated carbocycles. The first kappa shape index (κ1) is 11.0. The van der Waals surface area contributed by atoms with Crippen molar-refractivity contribution in [1.29, 1.82) is 0 Å². The first-order valence-corrected chi connectivity index (χ1v) is 4.92. The fourth-order valence-electron chi connectivity index (χ4n) is 1.56. The zero-order valence-electron chi connectivity index (χ0n) is 9.12. The number of hydrogen-bond acceptors (Lipinski definition) is 5. The molecule has 6 nitrogen and oxygen atoms in total. The van der Waals surface area contributed by atoms with Crippen molar-refractivity contribution in [2.45, 2.75) is 6.92 Å². The molecule has 1 heterocycles. The Morgan fingerprint density at radius 1 is 1.35 bits per heavy atom. The number of rotatable bonds is 2. The van der Waals surface area contributed by atoms with Gasteiger partial charge >= 0.3 is 5.69 Å². The number of nitrogen functional groups attached to an aromatic ring is 1. The van der Waals surface area contributed by atoms with Crippen LogP contribution in [0.5, 0.6) is 0 Å². The third-order valence-corrected chi connectivity index (χ3v) is 2.38. The Balaban J connectivity index is 2.70. The SMILES string of the molecule is Cc1ccccc1-c1nc(N)ncc1[N+](=O)[O-]. The standard InChI is InChI=1S/C11H10N4O2/c1-7-4-2-3-5-8(7)10-9(15(16)17)6-13-11(12)14-10/h2-6H,1H3,(H2,12,13,14). The number of anilines is 1. The van der Waals surface area contributed by atoms with E-state index in [0.717, 1.165) is 11.8 Å². The van der Waals surface area contributed by atoms with Crippen LogP contribution in [0.2, 0.25) is 0 Å². The lowest BCUT2D eigenvalue weighted by Crippen LogP contribution is -2.01. The zero-order valence-corrected chi connectivity index (χ0v) is 9.12. The van der Waals surface area contributed by atoms with Crippen LogP contribution in [0.3, 0.4) is 0 Å². The molecule has 0 bridgehead atoms. The Morgan fingerprint density at radius 2 is 2.06 bits per heavy atom. The largest absolute Gasteiger partial charge is 0.368 e. The Hall–Kier alpha value is -2.50. The van der Waals surface area contributed by atoms with Gasteiger partial charge in [0.1, 0.15) is 6.20 Å². The van der Waals surface area contributed by atoms with Crippen LogP contribution < -0.4 is 5.73 Å². The van der Waals surface area contributed by atoms with E-state index in [0.29, 0.717) is 5.56 Å². The van der Waals surface area contributed by atoms with E-state index in [1.54, 1.807) is 12.1 Å². The van der Waals surface area contributed by atoms with E-state index in [9.17, 15) is 10.1 Å². The molecular weight excluding hydrogens is 220 g/mol. The van der Waals surface area contributed by atoms with E-state index in [4.69, 9.17) is 5.73 Å². The first-order valence-electron chi connectivity index (χ1n) is 4.92. The molecule has 0 aliphatic rings. The average molecular weight is 230 g/mol. The minimum absolute atomic E-state index is 0.0221. The highest BCUT2D eigenvalue weighted by Crippen LogP contribution is 2.29. The van der Waals surface area contributed by atoms with Crippen molar-refractivity contribution in [3.63, 3.8) is 0 Å². The molecule has 1 aromatic carbocycles. The van der Waals surface area contributed by atoms with Gasteiger partial charge in [-0.05, 0) is 12.5 Å². The molecule has 0 radical (unpaired) electrons. The Morgan fingerprint density at radius 3 is 2.71 bits per heavy atom. The quantitative estimate of drug-likeness (QED) is 0.628. The molecule has 6 heteroatoms. The lowest BCUT2D eigenvalue weighted by molar-refractivity contribution is -0.384. The van der Waals surface area contributed by atoms with Crippen LogP contribution in [0, 0.1) is 17.0 Å². The van der Waals surface area contributed by atoms with Gasteiger partial charge in [0, 0.05) is 5.56 Å². The Labute approximate surface area is 97.3 Å². The van der Waals surface area contributed by atoms with Gasteiger partial charge in [-0.1, -0.05) is 24.3 Å². The van der Waals surface area contributed by atoms with Crippen molar-refractivity contribution in [2.75, 3.05) is 5.73 Å². The number of nitro groups is 1. The van der Waals surface area contributed by atoms with E-state index < -0.39 is 4.92 Å². The number of benzene rings is 1. The van der Waals surface area contributed by atoms with Gasteiger partial charge in [-0.3, -0.25) is 10.1 Å². The average Bonchev–Trinajstić information content (AvgIpc) is 2.29. The van der Waals surface area contributed by atoms with Gasteiger partial charge in [0.25, 0.3) is 0 Å². The van der Waals surface area contributed by atoms with Gasteiger partial charge < -0.3 is 5.73 Å². The second-order valence-electron chi connectivity index (χ2n) is 3.53. The third kappa shape index (κ3) is 2.05. The predicted molar refractivity (Wildman–Crippen MR) is 63.3 cm³/mol. The molecule has 86 valence electrons. The van der Waals surface area contributed by atoms with Gasteiger partial charge in [0.05, 0.1) is 4.92 Å². The van der Waals surface area contributed by atoms with Crippen LogP contribution in [-0.4, -0.2) is 14.9 Å². The van der Waals surface area contributed by atoms with Gasteiger partial charge in [-0.15, -0.1) is 0 Å². The van der Waals surface area contributed by atoms with Crippen LogP contribution in [0.15, 0.2) is 30.5 Å². The second-order valence-corrected chi connectivity index (χ2v) is 3.53. The number of nitrogens with two attached hydrogens (primary N) is 1. The van der Waals surface area contributed by atoms with E-state index in [1.807, 2.05) is 19.1 Å². The first-order chi connectivity index (χ1) is 8.09. The van der Waals surface area contributed by atoms with Crippen molar-refractivity contribution in [3.05, 3.63) is 46.1 Å². The molecule has 0 saturated heterocycles. The normalized spacial score (nSPS) is 10.2. The van der Waals surface area contributed by atoms with E-state index >= 15 is 0 Å². The molecule has 0 fully saturated rings. The highest BCUT2D eigenvalue weighted by atomic mass is 16.6. The van der Waals surface area contributed by atoms with E-state index in [1.165, 1.54) is 0 Å². The molecule has 17 heavy (non-hydrogen) atoms. The summed E-state index contributed by atoms with van der Waals surface area (Å²) in [6.45, 7) is 1.86. The summed E-state index contributed by atoms with van der Waals surface area (Å²) in [4.78, 5) is 18.0. The predicted octanol–water partition coefficient (Wildman–Crippen LogP) is 1.94. The van der Waals surface area contributed by atoms with Crippen LogP contribution in [0.4, 0.5) is 11.6 Å². The molecule has 0 spiro atoms. The summed E-state index contributed by atoms with van der Waals surface area (Å²) < 4.78 is 0. The van der Waals surface area contributed by atoms with Crippen LogP contribution in [0.1, 0.15) is 5.56 Å². The molecule has 2 rings (SSSR count). The summed E-state index contributed by atoms with van der Waals surface area (Å²) in [5.41, 5.74) is 7.16. The highest BCUT2D eigenvalue weighted by molar-refractivity contribution is 5.72. The summed E-state index contributed by atoms with van der Waals surface area (Å²) in [7, 11) is 0. The van der Waals surface area contributed by atoms with Crippen LogP contribution >= 0.6 is 0 Å². The molecule has 0 unspecified atom stereocenters. The summed E-state index contributed by atoms with van der Waals surface area (Å²) in [6, 6.07) is 7.28. The molecule has 0 aliphatic carbocycles. The van der Waals surface area contributed by atoms with Crippen molar-refractivity contribution in [1.82, 2.24) is 9.97 Å². The number of hydrogen-bond donors (Lipinski definition) is 1. The smallest absolute Gasteiger partial charge is 0.313 e. The van der Waals surface area contributed by atoms with Crippen molar-refractivity contribution < 1.29 is 4.92 Å². The topological polar surface area (TPSA) is 94.9 Å². The fraction of sp³-hybridized carbons (Fsp3) is 0.0909. The maximum absolute atomic E-state index is 10.9. The highest BCUT2D eigenvalue weighted by Gasteiger charge is 2.19. The second kappa shape index (κ2) is 4.17. The number of nitrogens with zero attached hydrogens (tertiary/aromatic N) is 3. The summed E-state index contributed by atoms with van der Waals surface area (Å²) in [5, 5.41) is 10.9.